The zero-order valence-electron chi connectivity index (χ0n) is 17.6. The van der Waals surface area contributed by atoms with E-state index in [1.165, 1.54) is 8.99 Å². The summed E-state index contributed by atoms with van der Waals surface area (Å²) in [6.45, 7) is 2.93. The fourth-order valence-electron chi connectivity index (χ4n) is 4.00. The van der Waals surface area contributed by atoms with Crippen LogP contribution in [-0.4, -0.2) is 46.8 Å². The molecule has 0 unspecified atom stereocenters. The van der Waals surface area contributed by atoms with Crippen molar-refractivity contribution in [3.8, 4) is 11.4 Å². The van der Waals surface area contributed by atoms with Crippen LogP contribution in [0.1, 0.15) is 31.5 Å². The number of piperidine rings is 1. The first-order chi connectivity index (χ1) is 14.9. The molecule has 164 valence electrons. The predicted octanol–water partition coefficient (Wildman–Crippen LogP) is 2.54. The van der Waals surface area contributed by atoms with E-state index in [2.05, 4.69) is 5.10 Å². The topological polar surface area (TPSA) is 86.4 Å². The first-order valence-corrected chi connectivity index (χ1v) is 11.8. The quantitative estimate of drug-likeness (QED) is 0.586. The number of hydrogen-bond acceptors (Lipinski definition) is 5. The molecule has 2 heterocycles. The van der Waals surface area contributed by atoms with Gasteiger partial charge in [-0.2, -0.15) is 9.40 Å². The van der Waals surface area contributed by atoms with Crippen LogP contribution >= 0.6 is 0 Å². The average molecular weight is 443 g/mol. The Morgan fingerprint density at radius 2 is 1.68 bits per heavy atom. The summed E-state index contributed by atoms with van der Waals surface area (Å²) in [6, 6.07) is 16.1. The summed E-state index contributed by atoms with van der Waals surface area (Å²) in [5.41, 5.74) is 0.554. The van der Waals surface area contributed by atoms with E-state index in [1.54, 1.807) is 35.9 Å². The van der Waals surface area contributed by atoms with Crippen molar-refractivity contribution < 1.29 is 13.2 Å². The lowest BCUT2D eigenvalue weighted by Crippen LogP contribution is -2.38. The van der Waals surface area contributed by atoms with Crippen molar-refractivity contribution in [2.75, 3.05) is 19.7 Å². The Hall–Kier alpha value is -2.91. The van der Waals surface area contributed by atoms with Crippen LogP contribution < -0.4 is 10.4 Å². The van der Waals surface area contributed by atoms with Gasteiger partial charge in [0.05, 0.1) is 12.3 Å². The van der Waals surface area contributed by atoms with E-state index >= 15 is 0 Å². The maximum atomic E-state index is 13.2. The molecule has 0 radical (unpaired) electrons. The molecule has 2 aromatic carbocycles. The Labute approximate surface area is 181 Å². The molecule has 3 aromatic rings. The molecular weight excluding hydrogens is 416 g/mol. The summed E-state index contributed by atoms with van der Waals surface area (Å²) in [5.74, 6) is 1.03. The van der Waals surface area contributed by atoms with Crippen molar-refractivity contribution in [1.29, 1.82) is 0 Å². The molecule has 1 aromatic heterocycles. The van der Waals surface area contributed by atoms with Crippen LogP contribution in [0.25, 0.3) is 5.69 Å². The molecule has 9 heteroatoms. The van der Waals surface area contributed by atoms with E-state index in [-0.39, 0.29) is 16.5 Å². The summed E-state index contributed by atoms with van der Waals surface area (Å²) >= 11 is 0. The number of para-hydroxylation sites is 2. The number of aromatic nitrogens is 3. The highest BCUT2D eigenvalue weighted by Crippen LogP contribution is 2.33. The van der Waals surface area contributed by atoms with Gasteiger partial charge in [-0.1, -0.05) is 30.3 Å². The van der Waals surface area contributed by atoms with Crippen molar-refractivity contribution in [2.24, 2.45) is 7.05 Å². The normalized spacial score (nSPS) is 15.8. The number of hydrogen-bond donors (Lipinski definition) is 0. The number of benzene rings is 2. The Kier molecular flexibility index (Phi) is 5.97. The minimum atomic E-state index is -3.67. The SMILES string of the molecule is CCOc1ccccc1S(=O)(=O)N1CCC(c2nn(C)c(=O)n2-c2ccccc2)CC1. The Morgan fingerprint density at radius 1 is 1.03 bits per heavy atom. The molecule has 31 heavy (non-hydrogen) atoms. The van der Waals surface area contributed by atoms with Crippen LogP contribution in [0.2, 0.25) is 0 Å². The highest BCUT2D eigenvalue weighted by Gasteiger charge is 2.34. The van der Waals surface area contributed by atoms with Crippen LogP contribution in [-0.2, 0) is 17.1 Å². The largest absolute Gasteiger partial charge is 0.492 e. The maximum Gasteiger partial charge on any atom is 0.350 e. The predicted molar refractivity (Wildman–Crippen MR) is 117 cm³/mol. The van der Waals surface area contributed by atoms with Gasteiger partial charge in [0.25, 0.3) is 0 Å². The van der Waals surface area contributed by atoms with Gasteiger partial charge in [0.1, 0.15) is 16.5 Å². The van der Waals surface area contributed by atoms with Crippen molar-refractivity contribution in [2.45, 2.75) is 30.6 Å². The highest BCUT2D eigenvalue weighted by atomic mass is 32.2. The van der Waals surface area contributed by atoms with Crippen LogP contribution in [0.3, 0.4) is 0 Å². The van der Waals surface area contributed by atoms with Gasteiger partial charge in [-0.05, 0) is 44.0 Å². The second kappa shape index (κ2) is 8.68. The molecule has 0 bridgehead atoms. The number of sulfonamides is 1. The van der Waals surface area contributed by atoms with E-state index < -0.39 is 10.0 Å². The second-order valence-corrected chi connectivity index (χ2v) is 9.40. The number of ether oxygens (including phenoxy) is 1. The van der Waals surface area contributed by atoms with Gasteiger partial charge >= 0.3 is 5.69 Å². The van der Waals surface area contributed by atoms with Gasteiger partial charge in [0, 0.05) is 26.1 Å². The van der Waals surface area contributed by atoms with Gasteiger partial charge < -0.3 is 4.74 Å². The maximum absolute atomic E-state index is 13.2. The summed E-state index contributed by atoms with van der Waals surface area (Å²) in [7, 11) is -2.04. The molecule has 1 fully saturated rings. The summed E-state index contributed by atoms with van der Waals surface area (Å²) in [6.07, 6.45) is 1.17. The summed E-state index contributed by atoms with van der Waals surface area (Å²) in [4.78, 5) is 12.9. The zero-order valence-corrected chi connectivity index (χ0v) is 18.5. The number of rotatable bonds is 6. The van der Waals surface area contributed by atoms with Crippen molar-refractivity contribution in [3.63, 3.8) is 0 Å². The first kappa shape index (κ1) is 21.3. The number of aryl methyl sites for hydroxylation is 1. The molecule has 1 aliphatic rings. The lowest BCUT2D eigenvalue weighted by atomic mass is 9.97. The van der Waals surface area contributed by atoms with Crippen molar-refractivity contribution in [3.05, 3.63) is 70.9 Å². The van der Waals surface area contributed by atoms with Gasteiger partial charge in [-0.25, -0.2) is 22.5 Å². The lowest BCUT2D eigenvalue weighted by Gasteiger charge is -2.31. The lowest BCUT2D eigenvalue weighted by molar-refractivity contribution is 0.305. The fraction of sp³-hybridized carbons (Fsp3) is 0.364. The fourth-order valence-corrected chi connectivity index (χ4v) is 5.60. The van der Waals surface area contributed by atoms with E-state index in [1.807, 2.05) is 37.3 Å². The third-order valence-corrected chi connectivity index (χ3v) is 7.49. The van der Waals surface area contributed by atoms with Crippen LogP contribution in [0.15, 0.2) is 64.3 Å². The minimum absolute atomic E-state index is 0.0114. The van der Waals surface area contributed by atoms with Crippen molar-refractivity contribution in [1.82, 2.24) is 18.7 Å². The van der Waals surface area contributed by atoms with Gasteiger partial charge in [0.15, 0.2) is 0 Å². The monoisotopic (exact) mass is 442 g/mol. The molecule has 1 saturated heterocycles. The van der Waals surface area contributed by atoms with Crippen LogP contribution in [0, 0.1) is 0 Å². The summed E-state index contributed by atoms with van der Waals surface area (Å²) < 4.78 is 36.5. The zero-order chi connectivity index (χ0) is 22.0. The Morgan fingerprint density at radius 3 is 2.35 bits per heavy atom. The third-order valence-electron chi connectivity index (χ3n) is 5.55. The smallest absolute Gasteiger partial charge is 0.350 e. The average Bonchev–Trinajstić information content (AvgIpc) is 3.09. The van der Waals surface area contributed by atoms with Crippen LogP contribution in [0.5, 0.6) is 5.75 Å². The number of nitrogens with zero attached hydrogens (tertiary/aromatic N) is 4. The first-order valence-electron chi connectivity index (χ1n) is 10.4. The van der Waals surface area contributed by atoms with Crippen molar-refractivity contribution >= 4 is 10.0 Å². The second-order valence-electron chi connectivity index (χ2n) is 7.49. The van der Waals surface area contributed by atoms with E-state index in [9.17, 15) is 13.2 Å². The summed E-state index contributed by atoms with van der Waals surface area (Å²) in [5, 5.41) is 4.47. The standard InChI is InChI=1S/C22H26N4O4S/c1-3-30-19-11-7-8-12-20(19)31(28,29)25-15-13-17(14-16-25)21-23-24(2)22(27)26(21)18-9-5-4-6-10-18/h4-12,17H,3,13-16H2,1-2H3. The van der Waals surface area contributed by atoms with E-state index in [0.29, 0.717) is 44.1 Å². The molecule has 1 aliphatic heterocycles. The van der Waals surface area contributed by atoms with Gasteiger partial charge in [0.2, 0.25) is 10.0 Å². The van der Waals surface area contributed by atoms with Gasteiger partial charge in [-0.3, -0.25) is 0 Å². The Balaban J connectivity index is 1.58. The molecule has 4 rings (SSSR count). The molecular formula is C22H26N4O4S. The Bertz CT molecular complexity index is 1210. The molecule has 0 amide bonds. The van der Waals surface area contributed by atoms with E-state index in [4.69, 9.17) is 4.74 Å². The molecule has 0 N–H and O–H groups in total. The highest BCUT2D eigenvalue weighted by molar-refractivity contribution is 7.89. The molecule has 0 saturated carbocycles. The third kappa shape index (κ3) is 4.03. The molecule has 0 atom stereocenters. The minimum Gasteiger partial charge on any atom is -0.492 e. The molecule has 0 aliphatic carbocycles. The van der Waals surface area contributed by atoms with Gasteiger partial charge in [-0.15, -0.1) is 0 Å². The van der Waals surface area contributed by atoms with Crippen LogP contribution in [0.4, 0.5) is 0 Å². The van der Waals surface area contributed by atoms with E-state index in [0.717, 1.165) is 5.69 Å². The molecule has 8 nitrogen and oxygen atoms in total. The molecule has 0 spiro atoms.